The summed E-state index contributed by atoms with van der Waals surface area (Å²) in [6.45, 7) is 11.8. The summed E-state index contributed by atoms with van der Waals surface area (Å²) in [6, 6.07) is 0. The van der Waals surface area contributed by atoms with Gasteiger partial charge in [0.05, 0.1) is 6.61 Å². The third-order valence-electron chi connectivity index (χ3n) is 4.14. The van der Waals surface area contributed by atoms with Gasteiger partial charge in [0.1, 0.15) is 5.76 Å². The molecule has 0 spiro atoms. The molecule has 2 aliphatic carbocycles. The standard InChI is InChI=1S/C20H30O2/c1-6-7-14-21-20(22-17-10-8-9-11-17)13-12-16(2)15-18(20)19(3,4)5/h8,10-12,15H,6-7,9,13-14H2,1-5H3. The summed E-state index contributed by atoms with van der Waals surface area (Å²) in [4.78, 5) is 0. The molecule has 0 amide bonds. The van der Waals surface area contributed by atoms with Gasteiger partial charge in [0.25, 0.3) is 0 Å². The van der Waals surface area contributed by atoms with E-state index in [1.165, 1.54) is 11.1 Å². The molecule has 0 heterocycles. The van der Waals surface area contributed by atoms with E-state index in [1.54, 1.807) is 0 Å². The van der Waals surface area contributed by atoms with Gasteiger partial charge in [0.2, 0.25) is 5.79 Å². The van der Waals surface area contributed by atoms with E-state index < -0.39 is 5.79 Å². The van der Waals surface area contributed by atoms with Crippen LogP contribution in [0.1, 0.15) is 60.3 Å². The van der Waals surface area contributed by atoms with E-state index in [2.05, 4.69) is 65.0 Å². The van der Waals surface area contributed by atoms with Crippen molar-refractivity contribution in [3.05, 3.63) is 47.3 Å². The lowest BCUT2D eigenvalue weighted by atomic mass is 9.76. The summed E-state index contributed by atoms with van der Waals surface area (Å²) >= 11 is 0. The Kier molecular flexibility index (Phi) is 5.33. The van der Waals surface area contributed by atoms with Crippen LogP contribution in [0.15, 0.2) is 47.3 Å². The van der Waals surface area contributed by atoms with Crippen LogP contribution in [0.4, 0.5) is 0 Å². The largest absolute Gasteiger partial charge is 0.458 e. The van der Waals surface area contributed by atoms with Crippen molar-refractivity contribution in [3.63, 3.8) is 0 Å². The Bertz CT molecular complexity index is 514. The number of hydrogen-bond donors (Lipinski definition) is 0. The highest BCUT2D eigenvalue weighted by Gasteiger charge is 2.44. The lowest BCUT2D eigenvalue weighted by Crippen LogP contribution is -2.43. The van der Waals surface area contributed by atoms with Crippen molar-refractivity contribution >= 4 is 0 Å². The van der Waals surface area contributed by atoms with Crippen molar-refractivity contribution in [2.24, 2.45) is 5.41 Å². The first-order valence-corrected chi connectivity index (χ1v) is 8.46. The van der Waals surface area contributed by atoms with Crippen LogP contribution >= 0.6 is 0 Å². The number of hydrogen-bond acceptors (Lipinski definition) is 2. The van der Waals surface area contributed by atoms with E-state index in [-0.39, 0.29) is 5.41 Å². The van der Waals surface area contributed by atoms with Crippen LogP contribution < -0.4 is 0 Å². The Balaban J connectivity index is 2.33. The Labute approximate surface area is 135 Å². The highest BCUT2D eigenvalue weighted by molar-refractivity contribution is 5.37. The van der Waals surface area contributed by atoms with Crippen LogP contribution in [0.2, 0.25) is 0 Å². The van der Waals surface area contributed by atoms with E-state index in [1.807, 2.05) is 0 Å². The topological polar surface area (TPSA) is 18.5 Å². The van der Waals surface area contributed by atoms with Crippen LogP contribution in [-0.4, -0.2) is 12.4 Å². The number of ether oxygens (including phenoxy) is 2. The molecule has 2 heteroatoms. The molecule has 0 saturated carbocycles. The summed E-state index contributed by atoms with van der Waals surface area (Å²) in [7, 11) is 0. The van der Waals surface area contributed by atoms with Gasteiger partial charge < -0.3 is 9.47 Å². The van der Waals surface area contributed by atoms with Gasteiger partial charge in [-0.25, -0.2) is 0 Å². The smallest absolute Gasteiger partial charge is 0.237 e. The van der Waals surface area contributed by atoms with Crippen LogP contribution in [0.5, 0.6) is 0 Å². The summed E-state index contributed by atoms with van der Waals surface area (Å²) in [6.07, 6.45) is 14.7. The molecule has 0 aromatic heterocycles. The summed E-state index contributed by atoms with van der Waals surface area (Å²) in [5.74, 6) is 0.271. The van der Waals surface area contributed by atoms with Gasteiger partial charge in [-0.3, -0.25) is 0 Å². The first-order valence-electron chi connectivity index (χ1n) is 8.46. The third-order valence-corrected chi connectivity index (χ3v) is 4.14. The molecule has 2 rings (SSSR count). The first kappa shape index (κ1) is 17.1. The van der Waals surface area contributed by atoms with Crippen LogP contribution in [-0.2, 0) is 9.47 Å². The molecular formula is C20H30O2. The van der Waals surface area contributed by atoms with E-state index in [0.717, 1.165) is 38.0 Å². The number of unbranched alkanes of at least 4 members (excludes halogenated alkanes) is 1. The Morgan fingerprint density at radius 2 is 2.00 bits per heavy atom. The van der Waals surface area contributed by atoms with Crippen LogP contribution in [0.25, 0.3) is 0 Å². The highest BCUT2D eigenvalue weighted by atomic mass is 16.7. The monoisotopic (exact) mass is 302 g/mol. The van der Waals surface area contributed by atoms with E-state index >= 15 is 0 Å². The minimum atomic E-state index is -0.659. The van der Waals surface area contributed by atoms with Crippen LogP contribution in [0, 0.1) is 5.41 Å². The van der Waals surface area contributed by atoms with Crippen LogP contribution in [0.3, 0.4) is 0 Å². The first-order chi connectivity index (χ1) is 10.4. The molecule has 122 valence electrons. The van der Waals surface area contributed by atoms with E-state index in [9.17, 15) is 0 Å². The minimum Gasteiger partial charge on any atom is -0.458 e. The average Bonchev–Trinajstić information content (AvgIpc) is 2.93. The molecule has 0 saturated heterocycles. The number of rotatable bonds is 6. The van der Waals surface area contributed by atoms with Gasteiger partial charge in [-0.05, 0) is 37.3 Å². The second-order valence-electron chi connectivity index (χ2n) is 7.26. The van der Waals surface area contributed by atoms with Gasteiger partial charge in [0.15, 0.2) is 0 Å². The summed E-state index contributed by atoms with van der Waals surface area (Å²) in [5.41, 5.74) is 2.53. The number of allylic oxidation sites excluding steroid dienone is 5. The molecule has 0 radical (unpaired) electrons. The van der Waals surface area contributed by atoms with Crippen molar-refractivity contribution in [1.29, 1.82) is 0 Å². The molecule has 22 heavy (non-hydrogen) atoms. The zero-order valence-corrected chi connectivity index (χ0v) is 14.7. The fourth-order valence-electron chi connectivity index (χ4n) is 2.94. The molecule has 0 aromatic rings. The zero-order valence-electron chi connectivity index (χ0n) is 14.7. The fraction of sp³-hybridized carbons (Fsp3) is 0.600. The Morgan fingerprint density at radius 3 is 2.59 bits per heavy atom. The molecule has 0 fully saturated rings. The molecule has 0 N–H and O–H groups in total. The SMILES string of the molecule is CCCCOC1(OC2=CCC=C2)CC=C(C)C=C1C(C)(C)C. The highest BCUT2D eigenvalue weighted by Crippen LogP contribution is 2.44. The van der Waals surface area contributed by atoms with Gasteiger partial charge >= 0.3 is 0 Å². The van der Waals surface area contributed by atoms with Crippen molar-refractivity contribution in [2.45, 2.75) is 66.1 Å². The fourth-order valence-corrected chi connectivity index (χ4v) is 2.94. The quantitative estimate of drug-likeness (QED) is 0.464. The molecular weight excluding hydrogens is 272 g/mol. The Hall–Kier alpha value is -1.28. The lowest BCUT2D eigenvalue weighted by molar-refractivity contribution is -0.193. The van der Waals surface area contributed by atoms with Crippen molar-refractivity contribution in [2.75, 3.05) is 6.61 Å². The summed E-state index contributed by atoms with van der Waals surface area (Å²) < 4.78 is 12.8. The van der Waals surface area contributed by atoms with E-state index in [4.69, 9.17) is 9.47 Å². The maximum atomic E-state index is 6.41. The molecule has 2 nitrogen and oxygen atoms in total. The van der Waals surface area contributed by atoms with Gasteiger partial charge in [-0.2, -0.15) is 0 Å². The zero-order chi connectivity index (χ0) is 16.2. The minimum absolute atomic E-state index is 0.00458. The molecule has 0 bridgehead atoms. The van der Waals surface area contributed by atoms with Gasteiger partial charge in [-0.1, -0.05) is 57.9 Å². The maximum absolute atomic E-state index is 6.41. The van der Waals surface area contributed by atoms with Gasteiger partial charge in [-0.15, -0.1) is 0 Å². The summed E-state index contributed by atoms with van der Waals surface area (Å²) in [5, 5.41) is 0. The normalized spacial score (nSPS) is 24.9. The molecule has 1 atom stereocenters. The molecule has 0 aromatic carbocycles. The van der Waals surface area contributed by atoms with E-state index in [0.29, 0.717) is 0 Å². The molecule has 2 aliphatic rings. The second-order valence-corrected chi connectivity index (χ2v) is 7.26. The average molecular weight is 302 g/mol. The Morgan fingerprint density at radius 1 is 1.23 bits per heavy atom. The van der Waals surface area contributed by atoms with Crippen molar-refractivity contribution < 1.29 is 9.47 Å². The third kappa shape index (κ3) is 3.92. The molecule has 1 unspecified atom stereocenters. The van der Waals surface area contributed by atoms with Crippen molar-refractivity contribution in [3.8, 4) is 0 Å². The maximum Gasteiger partial charge on any atom is 0.237 e. The molecule has 0 aliphatic heterocycles. The lowest BCUT2D eigenvalue weighted by Gasteiger charge is -2.43. The second kappa shape index (κ2) is 6.87. The van der Waals surface area contributed by atoms with Gasteiger partial charge in [0, 0.05) is 12.0 Å². The predicted octanol–water partition coefficient (Wildman–Crippen LogP) is 5.68. The van der Waals surface area contributed by atoms with Crippen molar-refractivity contribution in [1.82, 2.24) is 0 Å². The predicted molar refractivity (Wildman–Crippen MR) is 92.4 cm³/mol.